The molecule has 0 bridgehead atoms. The van der Waals surface area contributed by atoms with Gasteiger partial charge in [0.1, 0.15) is 5.60 Å². The molecule has 0 saturated heterocycles. The van der Waals surface area contributed by atoms with Gasteiger partial charge in [-0.25, -0.2) is 4.98 Å². The predicted molar refractivity (Wildman–Crippen MR) is 72.9 cm³/mol. The van der Waals surface area contributed by atoms with E-state index >= 15 is 0 Å². The molecule has 0 amide bonds. The molecule has 5 nitrogen and oxygen atoms in total. The quantitative estimate of drug-likeness (QED) is 0.929. The van der Waals surface area contributed by atoms with Crippen molar-refractivity contribution >= 4 is 0 Å². The number of aromatic nitrogens is 2. The third-order valence-electron chi connectivity index (χ3n) is 3.11. The van der Waals surface area contributed by atoms with Gasteiger partial charge in [0.2, 0.25) is 5.88 Å². The maximum absolute atomic E-state index is 8.94. The molecule has 0 atom stereocenters. The van der Waals surface area contributed by atoms with Crippen molar-refractivity contribution in [2.75, 3.05) is 0 Å². The number of para-hydroxylation sites is 1. The van der Waals surface area contributed by atoms with Crippen LogP contribution < -0.4 is 9.47 Å². The summed E-state index contributed by atoms with van der Waals surface area (Å²) in [6.07, 6.45) is 3.84. The highest BCUT2D eigenvalue weighted by atomic mass is 16.5. The number of benzene rings is 1. The zero-order chi connectivity index (χ0) is 14.2. The van der Waals surface area contributed by atoms with Gasteiger partial charge >= 0.3 is 0 Å². The van der Waals surface area contributed by atoms with E-state index in [4.69, 9.17) is 14.6 Å². The lowest BCUT2D eigenvalue weighted by atomic mass is 10.0. The van der Waals surface area contributed by atoms with Gasteiger partial charge in [0.15, 0.2) is 11.5 Å². The van der Waals surface area contributed by atoms with Crippen LogP contribution >= 0.6 is 0 Å². The van der Waals surface area contributed by atoms with Gasteiger partial charge in [0, 0.05) is 12.0 Å². The van der Waals surface area contributed by atoms with Crippen LogP contribution in [0.5, 0.6) is 17.4 Å². The van der Waals surface area contributed by atoms with Gasteiger partial charge in [-0.2, -0.15) is 0 Å². The molecule has 0 unspecified atom stereocenters. The van der Waals surface area contributed by atoms with Gasteiger partial charge in [-0.05, 0) is 19.9 Å². The molecule has 0 fully saturated rings. The van der Waals surface area contributed by atoms with Gasteiger partial charge in [-0.1, -0.05) is 12.1 Å². The zero-order valence-electron chi connectivity index (χ0n) is 11.5. The summed E-state index contributed by atoms with van der Waals surface area (Å²) in [7, 11) is 0. The smallest absolute Gasteiger partial charge is 0.238 e. The Kier molecular flexibility index (Phi) is 3.06. The number of aliphatic hydroxyl groups is 1. The summed E-state index contributed by atoms with van der Waals surface area (Å²) >= 11 is 0. The lowest BCUT2D eigenvalue weighted by Gasteiger charge is -2.18. The highest BCUT2D eigenvalue weighted by Crippen LogP contribution is 2.42. The summed E-state index contributed by atoms with van der Waals surface area (Å²) in [5.41, 5.74) is 1.43. The summed E-state index contributed by atoms with van der Waals surface area (Å²) in [4.78, 5) is 8.14. The average Bonchev–Trinajstić information content (AvgIpc) is 2.75. The molecule has 2 heterocycles. The third-order valence-corrected chi connectivity index (χ3v) is 3.11. The van der Waals surface area contributed by atoms with Crippen molar-refractivity contribution in [1.82, 2.24) is 9.97 Å². The largest absolute Gasteiger partial charge is 0.483 e. The number of aliphatic hydroxyl groups excluding tert-OH is 1. The Hall–Kier alpha value is -2.14. The molecular formula is C15H16N2O3. The van der Waals surface area contributed by atoms with Crippen molar-refractivity contribution in [1.29, 1.82) is 0 Å². The van der Waals surface area contributed by atoms with Gasteiger partial charge in [0.05, 0.1) is 24.7 Å². The van der Waals surface area contributed by atoms with E-state index in [-0.39, 0.29) is 12.2 Å². The first kappa shape index (κ1) is 12.9. The van der Waals surface area contributed by atoms with Crippen LogP contribution in [0, 0.1) is 0 Å². The lowest BCUT2D eigenvalue weighted by molar-refractivity contribution is 0.135. The minimum Gasteiger partial charge on any atom is -0.483 e. The molecule has 1 aliphatic heterocycles. The van der Waals surface area contributed by atoms with E-state index in [1.54, 1.807) is 0 Å². The van der Waals surface area contributed by atoms with Crippen LogP contribution in [0.1, 0.15) is 25.1 Å². The number of hydrogen-bond donors (Lipinski definition) is 1. The molecule has 0 saturated carbocycles. The molecule has 1 aromatic heterocycles. The molecule has 104 valence electrons. The molecule has 0 radical (unpaired) electrons. The first-order valence-electron chi connectivity index (χ1n) is 6.48. The van der Waals surface area contributed by atoms with E-state index in [2.05, 4.69) is 9.97 Å². The number of fused-ring (bicyclic) bond motifs is 1. The molecule has 1 N–H and O–H groups in total. The highest BCUT2D eigenvalue weighted by molar-refractivity contribution is 5.51. The number of nitrogens with zero attached hydrogens (tertiary/aromatic N) is 2. The van der Waals surface area contributed by atoms with E-state index in [0.29, 0.717) is 17.3 Å². The minimum absolute atomic E-state index is 0.134. The molecule has 0 aliphatic carbocycles. The van der Waals surface area contributed by atoms with E-state index in [1.165, 1.54) is 12.4 Å². The normalized spacial score (nSPS) is 15.6. The second kappa shape index (κ2) is 4.76. The first-order chi connectivity index (χ1) is 9.57. The van der Waals surface area contributed by atoms with Crippen molar-refractivity contribution in [3.8, 4) is 17.4 Å². The van der Waals surface area contributed by atoms with Gasteiger partial charge < -0.3 is 14.6 Å². The van der Waals surface area contributed by atoms with Crippen LogP contribution in [0.15, 0.2) is 30.6 Å². The molecule has 1 aliphatic rings. The zero-order valence-corrected chi connectivity index (χ0v) is 11.5. The topological polar surface area (TPSA) is 64.5 Å². The van der Waals surface area contributed by atoms with Crippen molar-refractivity contribution in [2.24, 2.45) is 0 Å². The monoisotopic (exact) mass is 272 g/mol. The fraction of sp³-hybridized carbons (Fsp3) is 0.333. The fourth-order valence-corrected chi connectivity index (χ4v) is 2.26. The van der Waals surface area contributed by atoms with Crippen molar-refractivity contribution in [2.45, 2.75) is 32.5 Å². The van der Waals surface area contributed by atoms with Crippen LogP contribution in [-0.2, 0) is 13.0 Å². The van der Waals surface area contributed by atoms with Crippen molar-refractivity contribution < 1.29 is 14.6 Å². The number of rotatable bonds is 3. The lowest BCUT2D eigenvalue weighted by Crippen LogP contribution is -2.24. The average molecular weight is 272 g/mol. The summed E-state index contributed by atoms with van der Waals surface area (Å²) < 4.78 is 11.7. The standard InChI is InChI=1S/C15H16N2O3/c1-15(2)6-10-4-3-5-12(14(10)20-15)19-13-8-16-11(9-18)7-17-13/h3-5,7-8,18H,6,9H2,1-2H3. The van der Waals surface area contributed by atoms with Crippen LogP contribution in [0.2, 0.25) is 0 Å². The van der Waals surface area contributed by atoms with Crippen LogP contribution in [-0.4, -0.2) is 20.7 Å². The Morgan fingerprint density at radius 3 is 2.85 bits per heavy atom. The van der Waals surface area contributed by atoms with Crippen LogP contribution in [0.4, 0.5) is 0 Å². The first-order valence-corrected chi connectivity index (χ1v) is 6.48. The van der Waals surface area contributed by atoms with E-state index in [9.17, 15) is 0 Å². The summed E-state index contributed by atoms with van der Waals surface area (Å²) in [6, 6.07) is 5.83. The van der Waals surface area contributed by atoms with E-state index < -0.39 is 0 Å². The molecule has 20 heavy (non-hydrogen) atoms. The van der Waals surface area contributed by atoms with Crippen molar-refractivity contribution in [3.63, 3.8) is 0 Å². The summed E-state index contributed by atoms with van der Waals surface area (Å²) in [5, 5.41) is 8.94. The minimum atomic E-state index is -0.214. The highest BCUT2D eigenvalue weighted by Gasteiger charge is 2.32. The number of hydrogen-bond acceptors (Lipinski definition) is 5. The predicted octanol–water partition coefficient (Wildman–Crippen LogP) is 2.47. The Balaban J connectivity index is 1.87. The third kappa shape index (κ3) is 2.44. The van der Waals surface area contributed by atoms with Gasteiger partial charge in [0.25, 0.3) is 0 Å². The maximum atomic E-state index is 8.94. The fourth-order valence-electron chi connectivity index (χ4n) is 2.26. The maximum Gasteiger partial charge on any atom is 0.238 e. The van der Waals surface area contributed by atoms with Crippen molar-refractivity contribution in [3.05, 3.63) is 41.9 Å². The second-order valence-electron chi connectivity index (χ2n) is 5.39. The Morgan fingerprint density at radius 2 is 2.15 bits per heavy atom. The Morgan fingerprint density at radius 1 is 1.30 bits per heavy atom. The molecular weight excluding hydrogens is 256 g/mol. The summed E-state index contributed by atoms with van der Waals surface area (Å²) in [6.45, 7) is 3.96. The molecule has 1 aromatic carbocycles. The van der Waals surface area contributed by atoms with E-state index in [0.717, 1.165) is 17.7 Å². The van der Waals surface area contributed by atoms with Crippen LogP contribution in [0.25, 0.3) is 0 Å². The second-order valence-corrected chi connectivity index (χ2v) is 5.39. The number of ether oxygens (including phenoxy) is 2. The molecule has 2 aromatic rings. The van der Waals surface area contributed by atoms with Gasteiger partial charge in [-0.15, -0.1) is 0 Å². The molecule has 5 heteroatoms. The van der Waals surface area contributed by atoms with Gasteiger partial charge in [-0.3, -0.25) is 4.98 Å². The van der Waals surface area contributed by atoms with Crippen LogP contribution in [0.3, 0.4) is 0 Å². The van der Waals surface area contributed by atoms with E-state index in [1.807, 2.05) is 32.0 Å². The molecule has 0 spiro atoms. The molecule has 3 rings (SSSR count). The Labute approximate surface area is 117 Å². The summed E-state index contributed by atoms with van der Waals surface area (Å²) in [5.74, 6) is 1.79. The Bertz CT molecular complexity index is 624. The SMILES string of the molecule is CC1(C)Cc2cccc(Oc3cnc(CO)cn3)c2O1.